The number of fused-ring (bicyclic) bond motifs is 1. The van der Waals surface area contributed by atoms with Crippen LogP contribution in [0.5, 0.6) is 0 Å². The van der Waals surface area contributed by atoms with Crippen molar-refractivity contribution >= 4 is 11.6 Å². The van der Waals surface area contributed by atoms with Crippen LogP contribution in [-0.2, 0) is 7.05 Å². The third-order valence-corrected chi connectivity index (χ3v) is 3.92. The van der Waals surface area contributed by atoms with Crippen molar-refractivity contribution < 1.29 is 4.79 Å². The van der Waals surface area contributed by atoms with Crippen molar-refractivity contribution in [3.05, 3.63) is 35.9 Å². The Labute approximate surface area is 134 Å². The lowest BCUT2D eigenvalue weighted by atomic mass is 10.2. The van der Waals surface area contributed by atoms with Crippen molar-refractivity contribution in [2.45, 2.75) is 26.7 Å². The van der Waals surface area contributed by atoms with Crippen LogP contribution in [0.25, 0.3) is 16.9 Å². The highest BCUT2D eigenvalue weighted by atomic mass is 16.1. The number of aromatic nitrogens is 5. The number of hydrogen-bond acceptors (Lipinski definition) is 4. The van der Waals surface area contributed by atoms with Gasteiger partial charge in [-0.15, -0.1) is 0 Å². The number of nitrogens with one attached hydrogen (secondary N) is 1. The Hall–Kier alpha value is -2.70. The summed E-state index contributed by atoms with van der Waals surface area (Å²) in [5.74, 6) is -0.169. The number of carbonyl (C=O) groups is 1. The molecular weight excluding hydrogens is 292 g/mol. The maximum Gasteiger partial charge on any atom is 0.271 e. The van der Waals surface area contributed by atoms with Gasteiger partial charge in [0.15, 0.2) is 11.3 Å². The van der Waals surface area contributed by atoms with E-state index in [1.165, 1.54) is 0 Å². The number of aryl methyl sites for hydroxylation is 1. The third kappa shape index (κ3) is 2.81. The van der Waals surface area contributed by atoms with Crippen LogP contribution in [0, 0.1) is 6.92 Å². The van der Waals surface area contributed by atoms with Crippen molar-refractivity contribution in [1.82, 2.24) is 29.7 Å². The van der Waals surface area contributed by atoms with Gasteiger partial charge < -0.3 is 5.32 Å². The lowest BCUT2D eigenvalue weighted by molar-refractivity contribution is 0.0948. The minimum Gasteiger partial charge on any atom is -0.351 e. The molecule has 0 fully saturated rings. The van der Waals surface area contributed by atoms with Gasteiger partial charge in [-0.25, -0.2) is 9.50 Å². The number of carbonyl (C=O) groups excluding carboxylic acids is 1. The molecule has 0 atom stereocenters. The van der Waals surface area contributed by atoms with Crippen LogP contribution in [0.3, 0.4) is 0 Å². The number of unbranched alkanes of at least 4 members (excludes halogenated alkanes) is 1. The molecule has 0 aliphatic heterocycles. The van der Waals surface area contributed by atoms with E-state index < -0.39 is 0 Å². The van der Waals surface area contributed by atoms with Gasteiger partial charge in [0.25, 0.3) is 5.91 Å². The van der Waals surface area contributed by atoms with E-state index in [2.05, 4.69) is 27.4 Å². The van der Waals surface area contributed by atoms with Gasteiger partial charge >= 0.3 is 0 Å². The second kappa shape index (κ2) is 6.20. The lowest BCUT2D eigenvalue weighted by Gasteiger charge is -2.03. The smallest absolute Gasteiger partial charge is 0.271 e. The number of hydrogen-bond donors (Lipinski definition) is 1. The molecular formula is C16H20N6O. The molecule has 0 aliphatic rings. The molecule has 0 aliphatic carbocycles. The van der Waals surface area contributed by atoms with Crippen molar-refractivity contribution in [1.29, 1.82) is 0 Å². The summed E-state index contributed by atoms with van der Waals surface area (Å²) >= 11 is 0. The fourth-order valence-electron chi connectivity index (χ4n) is 2.43. The van der Waals surface area contributed by atoms with Gasteiger partial charge in [-0.3, -0.25) is 9.48 Å². The minimum atomic E-state index is -0.169. The highest BCUT2D eigenvalue weighted by Gasteiger charge is 2.15. The first-order chi connectivity index (χ1) is 11.1. The van der Waals surface area contributed by atoms with E-state index in [9.17, 15) is 4.79 Å². The summed E-state index contributed by atoms with van der Waals surface area (Å²) in [5.41, 5.74) is 3.89. The second-order valence-corrected chi connectivity index (χ2v) is 5.51. The Kier molecular flexibility index (Phi) is 4.10. The molecule has 3 heterocycles. The van der Waals surface area contributed by atoms with Gasteiger partial charge in [0.05, 0.1) is 11.9 Å². The van der Waals surface area contributed by atoms with E-state index in [0.29, 0.717) is 17.9 Å². The van der Waals surface area contributed by atoms with Crippen molar-refractivity contribution in [2.75, 3.05) is 6.54 Å². The maximum absolute atomic E-state index is 12.2. The zero-order chi connectivity index (χ0) is 16.4. The van der Waals surface area contributed by atoms with Crippen molar-refractivity contribution in [2.24, 2.45) is 7.05 Å². The van der Waals surface area contributed by atoms with Crippen molar-refractivity contribution in [3.63, 3.8) is 0 Å². The number of amides is 1. The summed E-state index contributed by atoms with van der Waals surface area (Å²) in [6.45, 7) is 4.74. The maximum atomic E-state index is 12.2. The molecule has 0 aromatic carbocycles. The van der Waals surface area contributed by atoms with E-state index in [1.807, 2.05) is 24.7 Å². The molecule has 23 heavy (non-hydrogen) atoms. The van der Waals surface area contributed by atoms with Crippen molar-refractivity contribution in [3.8, 4) is 11.3 Å². The van der Waals surface area contributed by atoms with Crippen LogP contribution in [0.1, 0.15) is 35.9 Å². The van der Waals surface area contributed by atoms with E-state index >= 15 is 0 Å². The SMILES string of the molecule is CCCCNC(=O)c1cc2nccc(-c3cnn(C)c3C)n2n1. The Bertz CT molecular complexity index is 847. The van der Waals surface area contributed by atoms with Gasteiger partial charge in [0, 0.05) is 37.1 Å². The molecule has 3 aromatic heterocycles. The monoisotopic (exact) mass is 312 g/mol. The van der Waals surface area contributed by atoms with Gasteiger partial charge in [0.1, 0.15) is 0 Å². The Morgan fingerprint density at radius 2 is 2.22 bits per heavy atom. The summed E-state index contributed by atoms with van der Waals surface area (Å²) in [5, 5.41) is 11.6. The first-order valence-electron chi connectivity index (χ1n) is 7.73. The first kappa shape index (κ1) is 15.2. The molecule has 3 rings (SSSR count). The van der Waals surface area contributed by atoms with E-state index in [-0.39, 0.29) is 5.91 Å². The molecule has 0 bridgehead atoms. The minimum absolute atomic E-state index is 0.169. The van der Waals surface area contributed by atoms with Gasteiger partial charge in [-0.1, -0.05) is 13.3 Å². The Morgan fingerprint density at radius 3 is 2.91 bits per heavy atom. The molecule has 1 N–H and O–H groups in total. The molecule has 120 valence electrons. The molecule has 7 nitrogen and oxygen atoms in total. The third-order valence-electron chi connectivity index (χ3n) is 3.92. The molecule has 3 aromatic rings. The van der Waals surface area contributed by atoms with Gasteiger partial charge in [-0.05, 0) is 19.4 Å². The van der Waals surface area contributed by atoms with Crippen LogP contribution in [0.4, 0.5) is 0 Å². The van der Waals surface area contributed by atoms with Gasteiger partial charge in [-0.2, -0.15) is 10.2 Å². The summed E-state index contributed by atoms with van der Waals surface area (Å²) in [6, 6.07) is 3.58. The van der Waals surface area contributed by atoms with E-state index in [4.69, 9.17) is 0 Å². The molecule has 0 saturated heterocycles. The van der Waals surface area contributed by atoms with Crippen LogP contribution in [-0.4, -0.2) is 36.8 Å². The van der Waals surface area contributed by atoms with Crippen LogP contribution < -0.4 is 5.32 Å². The molecule has 1 amide bonds. The Balaban J connectivity index is 1.99. The summed E-state index contributed by atoms with van der Waals surface area (Å²) < 4.78 is 3.50. The average Bonchev–Trinajstić information content (AvgIpc) is 3.12. The van der Waals surface area contributed by atoms with Gasteiger partial charge in [0.2, 0.25) is 0 Å². The quantitative estimate of drug-likeness (QED) is 0.731. The predicted molar refractivity (Wildman–Crippen MR) is 87.2 cm³/mol. The summed E-state index contributed by atoms with van der Waals surface area (Å²) in [6.07, 6.45) is 5.51. The first-order valence-corrected chi connectivity index (χ1v) is 7.73. The average molecular weight is 312 g/mol. The van der Waals surface area contributed by atoms with Crippen LogP contribution in [0.2, 0.25) is 0 Å². The van der Waals surface area contributed by atoms with Crippen LogP contribution in [0.15, 0.2) is 24.5 Å². The molecule has 0 unspecified atom stereocenters. The fourth-order valence-corrected chi connectivity index (χ4v) is 2.43. The zero-order valence-electron chi connectivity index (χ0n) is 13.6. The second-order valence-electron chi connectivity index (χ2n) is 5.51. The van der Waals surface area contributed by atoms with E-state index in [0.717, 1.165) is 29.8 Å². The lowest BCUT2D eigenvalue weighted by Crippen LogP contribution is -2.24. The largest absolute Gasteiger partial charge is 0.351 e. The number of rotatable bonds is 5. The Morgan fingerprint density at radius 1 is 1.39 bits per heavy atom. The molecule has 0 spiro atoms. The van der Waals surface area contributed by atoms with Crippen LogP contribution >= 0.6 is 0 Å². The fraction of sp³-hybridized carbons (Fsp3) is 0.375. The zero-order valence-corrected chi connectivity index (χ0v) is 13.6. The predicted octanol–water partition coefficient (Wildman–Crippen LogP) is 1.97. The summed E-state index contributed by atoms with van der Waals surface area (Å²) in [7, 11) is 1.90. The summed E-state index contributed by atoms with van der Waals surface area (Å²) in [4.78, 5) is 16.5. The number of nitrogens with zero attached hydrogens (tertiary/aromatic N) is 5. The highest BCUT2D eigenvalue weighted by molar-refractivity contribution is 5.93. The normalized spacial score (nSPS) is 11.1. The molecule has 7 heteroatoms. The molecule has 0 saturated carbocycles. The van der Waals surface area contributed by atoms with E-state index in [1.54, 1.807) is 23.0 Å². The molecule has 0 radical (unpaired) electrons. The highest BCUT2D eigenvalue weighted by Crippen LogP contribution is 2.22. The standard InChI is InChI=1S/C16H20N6O/c1-4-5-7-18-16(23)13-9-15-17-8-6-14(22(15)20-13)12-10-19-21(3)11(12)2/h6,8-10H,4-5,7H2,1-3H3,(H,18,23). The topological polar surface area (TPSA) is 77.1 Å².